The molecule has 2 rings (SSSR count). The highest BCUT2D eigenvalue weighted by Gasteiger charge is 2.39. The van der Waals surface area contributed by atoms with E-state index >= 15 is 0 Å². The number of nitrogens with one attached hydrogen (secondary N) is 1. The Morgan fingerprint density at radius 1 is 1.12 bits per heavy atom. The number of carbonyl (C=O) groups is 1. The van der Waals surface area contributed by atoms with Crippen LogP contribution in [0, 0.1) is 13.8 Å². The third-order valence-corrected chi connectivity index (χ3v) is 10.5. The van der Waals surface area contributed by atoms with Crippen molar-refractivity contribution < 1.29 is 18.7 Å². The van der Waals surface area contributed by atoms with E-state index in [4.69, 9.17) is 13.9 Å². The number of methoxy groups -OCH3 is 1. The van der Waals surface area contributed by atoms with Crippen LogP contribution in [0.15, 0.2) is 48.6 Å². The van der Waals surface area contributed by atoms with E-state index < -0.39 is 20.3 Å². The first-order valence-electron chi connectivity index (χ1n) is 11.4. The Labute approximate surface area is 200 Å². The number of ether oxygens (including phenoxy) is 2. The van der Waals surface area contributed by atoms with Crippen LogP contribution in [0.4, 0.5) is 5.69 Å². The largest absolute Gasteiger partial charge is 0.543 e. The molecule has 0 heterocycles. The molecular weight excluding hydrogens is 430 g/mol. The van der Waals surface area contributed by atoms with Gasteiger partial charge in [0.15, 0.2) is 0 Å². The number of benzene rings is 2. The summed E-state index contributed by atoms with van der Waals surface area (Å²) in [6.45, 7) is 21.3. The highest BCUT2D eigenvalue weighted by molar-refractivity contribution is 6.74. The van der Waals surface area contributed by atoms with E-state index in [9.17, 15) is 4.79 Å². The molecule has 0 saturated carbocycles. The van der Waals surface area contributed by atoms with Gasteiger partial charge < -0.3 is 19.2 Å². The highest BCUT2D eigenvalue weighted by atomic mass is 28.4. The zero-order valence-corrected chi connectivity index (χ0v) is 22.6. The van der Waals surface area contributed by atoms with Gasteiger partial charge in [0.25, 0.3) is 0 Å². The summed E-state index contributed by atoms with van der Waals surface area (Å²) in [7, 11) is -0.405. The predicted octanol–water partition coefficient (Wildman–Crippen LogP) is 6.97. The summed E-state index contributed by atoms with van der Waals surface area (Å²) in [5, 5.41) is 3.53. The second-order valence-electron chi connectivity index (χ2n) is 9.95. The van der Waals surface area contributed by atoms with Crippen molar-refractivity contribution in [3.05, 3.63) is 65.2 Å². The maximum atomic E-state index is 12.6. The van der Waals surface area contributed by atoms with E-state index in [2.05, 4.69) is 45.8 Å². The molecule has 0 saturated heterocycles. The molecule has 33 heavy (non-hydrogen) atoms. The van der Waals surface area contributed by atoms with E-state index in [0.717, 1.165) is 33.9 Å². The Morgan fingerprint density at radius 3 is 2.36 bits per heavy atom. The quantitative estimate of drug-likeness (QED) is 0.244. The molecule has 0 spiro atoms. The van der Waals surface area contributed by atoms with Crippen molar-refractivity contribution in [2.75, 3.05) is 19.0 Å². The lowest BCUT2D eigenvalue weighted by molar-refractivity contribution is -0.138. The fraction of sp³-hybridized carbons (Fsp3) is 0.444. The molecule has 0 aliphatic heterocycles. The predicted molar refractivity (Wildman–Crippen MR) is 139 cm³/mol. The van der Waals surface area contributed by atoms with Crippen LogP contribution in [-0.4, -0.2) is 28.0 Å². The minimum atomic E-state index is -2.04. The standard InChI is InChI=1S/C27H39NO4Si/c1-11-31-26(29)20(4)25(28-22-14-18(2)15-23(17-22)30-8)21-13-12-19(3)24(16-21)32-33(9,10)27(5,6)7/h12-17,25,28H,4,11H2,1-3,5-10H3/t25-/m1/s1. The zero-order chi connectivity index (χ0) is 25.0. The van der Waals surface area contributed by atoms with Crippen molar-refractivity contribution in [3.8, 4) is 11.5 Å². The molecule has 180 valence electrons. The molecule has 0 amide bonds. The van der Waals surface area contributed by atoms with Gasteiger partial charge in [-0.25, -0.2) is 4.79 Å². The molecule has 1 N–H and O–H groups in total. The number of hydrogen-bond acceptors (Lipinski definition) is 5. The number of anilines is 1. The lowest BCUT2D eigenvalue weighted by atomic mass is 9.97. The Morgan fingerprint density at radius 2 is 1.79 bits per heavy atom. The van der Waals surface area contributed by atoms with Gasteiger partial charge in [0.05, 0.1) is 25.3 Å². The van der Waals surface area contributed by atoms with Gasteiger partial charge in [0.2, 0.25) is 8.32 Å². The van der Waals surface area contributed by atoms with Gasteiger partial charge in [-0.2, -0.15) is 0 Å². The van der Waals surface area contributed by atoms with E-state index in [1.807, 2.05) is 50.2 Å². The number of aryl methyl sites for hydroxylation is 2. The molecule has 0 fully saturated rings. The molecule has 0 aliphatic carbocycles. The molecule has 2 aromatic rings. The molecule has 5 nitrogen and oxygen atoms in total. The first kappa shape index (κ1) is 26.5. The minimum Gasteiger partial charge on any atom is -0.543 e. The Balaban J connectivity index is 2.52. The van der Waals surface area contributed by atoms with E-state index in [1.54, 1.807) is 14.0 Å². The van der Waals surface area contributed by atoms with Crippen molar-refractivity contribution in [1.29, 1.82) is 0 Å². The van der Waals surface area contributed by atoms with Crippen LogP contribution in [0.5, 0.6) is 11.5 Å². The van der Waals surface area contributed by atoms with E-state index in [0.29, 0.717) is 5.57 Å². The van der Waals surface area contributed by atoms with Crippen molar-refractivity contribution >= 4 is 20.0 Å². The van der Waals surface area contributed by atoms with Gasteiger partial charge in [-0.05, 0) is 73.8 Å². The second-order valence-corrected chi connectivity index (χ2v) is 14.7. The van der Waals surface area contributed by atoms with Crippen LogP contribution in [0.25, 0.3) is 0 Å². The Hall–Kier alpha value is -2.73. The van der Waals surface area contributed by atoms with Crippen LogP contribution in [0.3, 0.4) is 0 Å². The summed E-state index contributed by atoms with van der Waals surface area (Å²) in [5.41, 5.74) is 4.14. The molecule has 0 aromatic heterocycles. The summed E-state index contributed by atoms with van der Waals surface area (Å²) < 4.78 is 17.3. The van der Waals surface area contributed by atoms with Gasteiger partial charge in [0.1, 0.15) is 11.5 Å². The SMILES string of the molecule is C=C(C(=O)OCC)[C@@H](Nc1cc(C)cc(OC)c1)c1ccc(C)c(O[Si](C)(C)C(C)(C)C)c1. The van der Waals surface area contributed by atoms with Crippen LogP contribution >= 0.6 is 0 Å². The molecule has 0 bridgehead atoms. The average Bonchev–Trinajstić information content (AvgIpc) is 2.72. The summed E-state index contributed by atoms with van der Waals surface area (Å²) in [4.78, 5) is 12.6. The van der Waals surface area contributed by atoms with Gasteiger partial charge in [-0.3, -0.25) is 0 Å². The topological polar surface area (TPSA) is 56.8 Å². The first-order valence-corrected chi connectivity index (χ1v) is 14.3. The van der Waals surface area contributed by atoms with Crippen LogP contribution < -0.4 is 14.5 Å². The normalized spacial score (nSPS) is 12.6. The van der Waals surface area contributed by atoms with Gasteiger partial charge in [0, 0.05) is 11.8 Å². The second kappa shape index (κ2) is 10.5. The summed E-state index contributed by atoms with van der Waals surface area (Å²) >= 11 is 0. The molecule has 1 atom stereocenters. The minimum absolute atomic E-state index is 0.0692. The fourth-order valence-corrected chi connectivity index (χ4v) is 4.24. The maximum absolute atomic E-state index is 12.6. The monoisotopic (exact) mass is 469 g/mol. The molecule has 0 unspecified atom stereocenters. The van der Waals surface area contributed by atoms with Gasteiger partial charge >= 0.3 is 5.97 Å². The molecular formula is C27H39NO4Si. The van der Waals surface area contributed by atoms with Crippen LogP contribution in [0.2, 0.25) is 18.1 Å². The van der Waals surface area contributed by atoms with Crippen LogP contribution in [0.1, 0.15) is 50.4 Å². The number of carbonyl (C=O) groups excluding carboxylic acids is 1. The number of esters is 1. The molecule has 2 aromatic carbocycles. The molecule has 0 aliphatic rings. The van der Waals surface area contributed by atoms with Crippen LogP contribution in [-0.2, 0) is 9.53 Å². The smallest absolute Gasteiger partial charge is 0.335 e. The third-order valence-electron chi connectivity index (χ3n) is 6.20. The summed E-state index contributed by atoms with van der Waals surface area (Å²) in [6.07, 6.45) is 0. The number of hydrogen-bond donors (Lipinski definition) is 1. The Kier molecular flexibility index (Phi) is 8.41. The van der Waals surface area contributed by atoms with Gasteiger partial charge in [-0.1, -0.05) is 39.5 Å². The van der Waals surface area contributed by atoms with Gasteiger partial charge in [-0.15, -0.1) is 0 Å². The van der Waals surface area contributed by atoms with E-state index in [-0.39, 0.29) is 11.6 Å². The first-order chi connectivity index (χ1) is 15.3. The number of rotatable bonds is 9. The van der Waals surface area contributed by atoms with Crippen molar-refractivity contribution in [1.82, 2.24) is 0 Å². The average molecular weight is 470 g/mol. The fourth-order valence-electron chi connectivity index (χ4n) is 3.16. The molecule has 6 heteroatoms. The highest BCUT2D eigenvalue weighted by Crippen LogP contribution is 2.39. The lowest BCUT2D eigenvalue weighted by Gasteiger charge is -2.37. The van der Waals surface area contributed by atoms with Crippen molar-refractivity contribution in [2.24, 2.45) is 0 Å². The lowest BCUT2D eigenvalue weighted by Crippen LogP contribution is -2.44. The van der Waals surface area contributed by atoms with Crippen molar-refractivity contribution in [2.45, 2.75) is 65.7 Å². The van der Waals surface area contributed by atoms with E-state index in [1.165, 1.54) is 0 Å². The zero-order valence-electron chi connectivity index (χ0n) is 21.6. The Bertz CT molecular complexity index is 1010. The summed E-state index contributed by atoms with van der Waals surface area (Å²) in [6, 6.07) is 11.4. The maximum Gasteiger partial charge on any atom is 0.335 e. The third kappa shape index (κ3) is 6.63. The molecule has 0 radical (unpaired) electrons. The van der Waals surface area contributed by atoms with Crippen molar-refractivity contribution in [3.63, 3.8) is 0 Å². The summed E-state index contributed by atoms with van der Waals surface area (Å²) in [5.74, 6) is 1.15.